The molecule has 0 radical (unpaired) electrons. The third-order valence-electron chi connectivity index (χ3n) is 1.33. The second-order valence-corrected chi connectivity index (χ2v) is 3.54. The molecule has 4 heteroatoms. The highest BCUT2D eigenvalue weighted by molar-refractivity contribution is 5.92. The largest absolute Gasteiger partial charge is 0.432 e. The van der Waals surface area contributed by atoms with E-state index in [1.165, 1.54) is 12.5 Å². The van der Waals surface area contributed by atoms with Gasteiger partial charge < -0.3 is 4.42 Å². The Balaban J connectivity index is 2.60. The van der Waals surface area contributed by atoms with Crippen LogP contribution in [0.15, 0.2) is 16.9 Å². The average molecular weight is 168 g/mol. The summed E-state index contributed by atoms with van der Waals surface area (Å²) in [7, 11) is 0. The fourth-order valence-corrected chi connectivity index (χ4v) is 0.570. The third-order valence-corrected chi connectivity index (χ3v) is 1.33. The number of aromatic nitrogens is 1. The lowest BCUT2D eigenvalue weighted by Gasteiger charge is -2.15. The van der Waals surface area contributed by atoms with E-state index in [9.17, 15) is 4.79 Å². The minimum Gasteiger partial charge on any atom is -0.432 e. The number of carbonyl (C=O) groups excluding carboxylic acids is 1. The summed E-state index contributed by atoms with van der Waals surface area (Å²) in [6.45, 7) is 5.47. The van der Waals surface area contributed by atoms with Gasteiger partial charge in [-0.25, -0.2) is 4.98 Å². The molecule has 0 spiro atoms. The van der Waals surface area contributed by atoms with E-state index in [-0.39, 0.29) is 11.9 Å². The Hall–Kier alpha value is -1.32. The predicted molar refractivity (Wildman–Crippen MR) is 44.6 cm³/mol. The molecule has 0 fully saturated rings. The number of oxazole rings is 1. The third kappa shape index (κ3) is 2.08. The van der Waals surface area contributed by atoms with Crippen molar-refractivity contribution in [3.8, 4) is 0 Å². The molecule has 66 valence electrons. The molecule has 0 atom stereocenters. The predicted octanol–water partition coefficient (Wildman–Crippen LogP) is 1.66. The molecule has 1 rings (SSSR count). The maximum atomic E-state index is 11.3. The molecular weight excluding hydrogens is 156 g/mol. The van der Waals surface area contributed by atoms with Gasteiger partial charge in [-0.3, -0.25) is 10.1 Å². The van der Waals surface area contributed by atoms with Crippen molar-refractivity contribution in [2.45, 2.75) is 20.8 Å². The maximum Gasteiger partial charge on any atom is 0.301 e. The van der Waals surface area contributed by atoms with Gasteiger partial charge in [-0.1, -0.05) is 20.8 Å². The van der Waals surface area contributed by atoms with Crippen molar-refractivity contribution in [3.05, 3.63) is 12.5 Å². The molecule has 0 unspecified atom stereocenters. The van der Waals surface area contributed by atoms with Gasteiger partial charge in [0.1, 0.15) is 6.26 Å². The second-order valence-electron chi connectivity index (χ2n) is 3.54. The normalized spacial score (nSPS) is 11.2. The number of amides is 1. The van der Waals surface area contributed by atoms with Gasteiger partial charge in [0, 0.05) is 5.41 Å². The summed E-state index contributed by atoms with van der Waals surface area (Å²) in [5, 5.41) is 2.55. The lowest BCUT2D eigenvalue weighted by atomic mass is 9.96. The number of nitrogens with zero attached hydrogens (tertiary/aromatic N) is 1. The first-order valence-electron chi connectivity index (χ1n) is 3.71. The quantitative estimate of drug-likeness (QED) is 0.693. The summed E-state index contributed by atoms with van der Waals surface area (Å²) in [5.41, 5.74) is -0.422. The molecule has 0 saturated heterocycles. The van der Waals surface area contributed by atoms with E-state index < -0.39 is 5.41 Å². The number of carbonyl (C=O) groups is 1. The molecule has 0 aromatic carbocycles. The van der Waals surface area contributed by atoms with Crippen molar-refractivity contribution in [2.24, 2.45) is 5.41 Å². The van der Waals surface area contributed by atoms with E-state index in [4.69, 9.17) is 4.42 Å². The molecule has 1 heterocycles. The highest BCUT2D eigenvalue weighted by Crippen LogP contribution is 2.15. The van der Waals surface area contributed by atoms with Crippen molar-refractivity contribution in [2.75, 3.05) is 5.32 Å². The van der Waals surface area contributed by atoms with Gasteiger partial charge in [-0.05, 0) is 0 Å². The van der Waals surface area contributed by atoms with E-state index in [2.05, 4.69) is 10.3 Å². The molecule has 1 amide bonds. The molecule has 0 saturated carbocycles. The van der Waals surface area contributed by atoms with Crippen molar-refractivity contribution in [1.29, 1.82) is 0 Å². The van der Waals surface area contributed by atoms with E-state index >= 15 is 0 Å². The van der Waals surface area contributed by atoms with Crippen LogP contribution in [0.2, 0.25) is 0 Å². The first kappa shape index (κ1) is 8.77. The zero-order valence-corrected chi connectivity index (χ0v) is 7.42. The van der Waals surface area contributed by atoms with Crippen LogP contribution in [-0.4, -0.2) is 10.9 Å². The van der Waals surface area contributed by atoms with Crippen LogP contribution in [0, 0.1) is 5.41 Å². The minimum atomic E-state index is -0.422. The van der Waals surface area contributed by atoms with Crippen LogP contribution in [0.1, 0.15) is 20.8 Å². The van der Waals surface area contributed by atoms with Crippen LogP contribution in [0.4, 0.5) is 6.01 Å². The van der Waals surface area contributed by atoms with Crippen LogP contribution < -0.4 is 5.32 Å². The number of nitrogens with one attached hydrogen (secondary N) is 1. The molecule has 1 aromatic rings. The summed E-state index contributed by atoms with van der Waals surface area (Å²) in [4.78, 5) is 15.1. The molecule has 1 aromatic heterocycles. The molecule has 0 bridgehead atoms. The zero-order valence-electron chi connectivity index (χ0n) is 7.42. The highest BCUT2D eigenvalue weighted by atomic mass is 16.4. The molecular formula is C8H12N2O2. The average Bonchev–Trinajstić information content (AvgIpc) is 2.37. The molecule has 12 heavy (non-hydrogen) atoms. The van der Waals surface area contributed by atoms with Crippen molar-refractivity contribution in [1.82, 2.24) is 4.98 Å². The second kappa shape index (κ2) is 2.97. The fourth-order valence-electron chi connectivity index (χ4n) is 0.570. The first-order valence-corrected chi connectivity index (χ1v) is 3.71. The Labute approximate surface area is 71.0 Å². The van der Waals surface area contributed by atoms with Crippen molar-refractivity contribution in [3.63, 3.8) is 0 Å². The van der Waals surface area contributed by atoms with Gasteiger partial charge in [-0.15, -0.1) is 0 Å². The van der Waals surface area contributed by atoms with E-state index in [1.54, 1.807) is 0 Å². The van der Waals surface area contributed by atoms with Crippen LogP contribution in [0.25, 0.3) is 0 Å². The maximum absolute atomic E-state index is 11.3. The van der Waals surface area contributed by atoms with Crippen LogP contribution in [0.3, 0.4) is 0 Å². The number of hydrogen-bond donors (Lipinski definition) is 1. The SMILES string of the molecule is CC(C)(C)C(=O)Nc1ncco1. The molecule has 0 aliphatic heterocycles. The summed E-state index contributed by atoms with van der Waals surface area (Å²) < 4.78 is 4.86. The number of rotatable bonds is 1. The summed E-state index contributed by atoms with van der Waals surface area (Å²) >= 11 is 0. The fraction of sp³-hybridized carbons (Fsp3) is 0.500. The van der Waals surface area contributed by atoms with Gasteiger partial charge >= 0.3 is 6.01 Å². The van der Waals surface area contributed by atoms with Gasteiger partial charge in [0.15, 0.2) is 0 Å². The Morgan fingerprint density at radius 3 is 2.67 bits per heavy atom. The lowest BCUT2D eigenvalue weighted by Crippen LogP contribution is -2.27. The molecule has 0 aliphatic rings. The van der Waals surface area contributed by atoms with Crippen molar-refractivity contribution < 1.29 is 9.21 Å². The first-order chi connectivity index (χ1) is 5.50. The standard InChI is InChI=1S/C8H12N2O2/c1-8(2,3)6(11)10-7-9-4-5-12-7/h4-5H,1-3H3,(H,9,10,11). The van der Waals surface area contributed by atoms with E-state index in [0.29, 0.717) is 0 Å². The zero-order chi connectivity index (χ0) is 9.19. The molecule has 4 nitrogen and oxygen atoms in total. The van der Waals surface area contributed by atoms with Crippen molar-refractivity contribution >= 4 is 11.9 Å². The summed E-state index contributed by atoms with van der Waals surface area (Å²) in [5.74, 6) is -0.107. The van der Waals surface area contributed by atoms with Gasteiger partial charge in [0.2, 0.25) is 5.91 Å². The minimum absolute atomic E-state index is 0.107. The topological polar surface area (TPSA) is 55.1 Å². The van der Waals surface area contributed by atoms with E-state index in [0.717, 1.165) is 0 Å². The molecule has 0 aliphatic carbocycles. The Bertz CT molecular complexity index is 259. The smallest absolute Gasteiger partial charge is 0.301 e. The van der Waals surface area contributed by atoms with Gasteiger partial charge in [-0.2, -0.15) is 0 Å². The lowest BCUT2D eigenvalue weighted by molar-refractivity contribution is -0.123. The summed E-state index contributed by atoms with van der Waals surface area (Å²) in [6, 6.07) is 0.245. The van der Waals surface area contributed by atoms with Crippen LogP contribution in [-0.2, 0) is 4.79 Å². The van der Waals surface area contributed by atoms with Gasteiger partial charge in [0.25, 0.3) is 0 Å². The van der Waals surface area contributed by atoms with Crippen LogP contribution in [0.5, 0.6) is 0 Å². The Morgan fingerprint density at radius 1 is 1.58 bits per heavy atom. The Kier molecular flexibility index (Phi) is 2.17. The van der Waals surface area contributed by atoms with E-state index in [1.807, 2.05) is 20.8 Å². The summed E-state index contributed by atoms with van der Waals surface area (Å²) in [6.07, 6.45) is 2.90. The number of anilines is 1. The molecule has 1 N–H and O–H groups in total. The Morgan fingerprint density at radius 2 is 2.25 bits per heavy atom. The van der Waals surface area contributed by atoms with Crippen LogP contribution >= 0.6 is 0 Å². The van der Waals surface area contributed by atoms with Gasteiger partial charge in [0.05, 0.1) is 6.20 Å². The monoisotopic (exact) mass is 168 g/mol. The number of hydrogen-bond acceptors (Lipinski definition) is 3. The highest BCUT2D eigenvalue weighted by Gasteiger charge is 2.22.